The van der Waals surface area contributed by atoms with E-state index in [0.717, 1.165) is 6.08 Å². The highest BCUT2D eigenvalue weighted by atomic mass is 16.5. The molecule has 0 fully saturated rings. The third-order valence-electron chi connectivity index (χ3n) is 4.43. The van der Waals surface area contributed by atoms with Gasteiger partial charge in [-0.1, -0.05) is 6.07 Å². The molecule has 0 radical (unpaired) electrons. The zero-order valence-electron chi connectivity index (χ0n) is 15.1. The lowest BCUT2D eigenvalue weighted by atomic mass is 9.90. The van der Waals surface area contributed by atoms with Crippen LogP contribution in [0.2, 0.25) is 0 Å². The highest BCUT2D eigenvalue weighted by molar-refractivity contribution is 5.86. The SMILES string of the molecule is COc1cc(C2Oc3c(OC)cc(/C=C/C(=O)O)cc3[C@@H]2C(=O)O)ccc1O. The normalized spacial score (nSPS) is 17.8. The van der Waals surface area contributed by atoms with Crippen molar-refractivity contribution in [2.24, 2.45) is 0 Å². The van der Waals surface area contributed by atoms with Crippen molar-refractivity contribution in [2.75, 3.05) is 14.2 Å². The minimum absolute atomic E-state index is 0.0766. The number of benzene rings is 2. The predicted octanol–water partition coefficient (Wildman–Crippen LogP) is 2.81. The van der Waals surface area contributed by atoms with Crippen molar-refractivity contribution >= 4 is 18.0 Å². The molecule has 2 aromatic carbocycles. The second-order valence-electron chi connectivity index (χ2n) is 6.10. The van der Waals surface area contributed by atoms with Gasteiger partial charge in [-0.05, 0) is 41.5 Å². The Balaban J connectivity index is 2.11. The number of aromatic hydroxyl groups is 1. The Labute approximate surface area is 160 Å². The van der Waals surface area contributed by atoms with Gasteiger partial charge in [0.1, 0.15) is 12.0 Å². The van der Waals surface area contributed by atoms with Crippen LogP contribution in [-0.2, 0) is 9.59 Å². The van der Waals surface area contributed by atoms with Crippen LogP contribution in [0.4, 0.5) is 0 Å². The molecule has 0 saturated carbocycles. The fourth-order valence-corrected chi connectivity index (χ4v) is 3.17. The molecule has 0 bridgehead atoms. The van der Waals surface area contributed by atoms with E-state index in [1.165, 1.54) is 32.4 Å². The molecule has 1 aliphatic rings. The van der Waals surface area contributed by atoms with Crippen molar-refractivity contribution in [3.8, 4) is 23.0 Å². The van der Waals surface area contributed by atoms with E-state index in [0.29, 0.717) is 22.4 Å². The van der Waals surface area contributed by atoms with Gasteiger partial charge in [0.15, 0.2) is 23.0 Å². The third-order valence-corrected chi connectivity index (χ3v) is 4.43. The Morgan fingerprint density at radius 1 is 1.07 bits per heavy atom. The summed E-state index contributed by atoms with van der Waals surface area (Å²) in [5, 5.41) is 28.5. The standard InChI is InChI=1S/C20H18O8/c1-26-14-9-11(4-5-13(14)21)18-17(20(24)25)12-7-10(3-6-16(22)23)8-15(27-2)19(12)28-18/h3-9,17-18,21H,1-2H3,(H,22,23)(H,24,25)/b6-3+/t17-,18?/m0/s1. The second-order valence-corrected chi connectivity index (χ2v) is 6.10. The Morgan fingerprint density at radius 2 is 1.79 bits per heavy atom. The van der Waals surface area contributed by atoms with Crippen LogP contribution in [0.15, 0.2) is 36.4 Å². The van der Waals surface area contributed by atoms with E-state index < -0.39 is 24.0 Å². The first-order chi connectivity index (χ1) is 13.3. The zero-order valence-corrected chi connectivity index (χ0v) is 15.1. The van der Waals surface area contributed by atoms with Crippen LogP contribution in [0.3, 0.4) is 0 Å². The van der Waals surface area contributed by atoms with E-state index >= 15 is 0 Å². The van der Waals surface area contributed by atoms with Crippen molar-refractivity contribution in [2.45, 2.75) is 12.0 Å². The molecule has 28 heavy (non-hydrogen) atoms. The van der Waals surface area contributed by atoms with Gasteiger partial charge in [0.25, 0.3) is 0 Å². The topological polar surface area (TPSA) is 123 Å². The quantitative estimate of drug-likeness (QED) is 0.648. The van der Waals surface area contributed by atoms with Gasteiger partial charge in [-0.3, -0.25) is 4.79 Å². The van der Waals surface area contributed by atoms with Gasteiger partial charge >= 0.3 is 11.9 Å². The second kappa shape index (κ2) is 7.51. The Kier molecular flexibility index (Phi) is 5.12. The Morgan fingerprint density at radius 3 is 2.39 bits per heavy atom. The van der Waals surface area contributed by atoms with Crippen LogP contribution in [0.25, 0.3) is 6.08 Å². The summed E-state index contributed by atoms with van der Waals surface area (Å²) in [6.07, 6.45) is 1.42. The number of methoxy groups -OCH3 is 2. The molecule has 2 aromatic rings. The zero-order chi connectivity index (χ0) is 20.4. The summed E-state index contributed by atoms with van der Waals surface area (Å²) >= 11 is 0. The summed E-state index contributed by atoms with van der Waals surface area (Å²) in [5.41, 5.74) is 1.34. The summed E-state index contributed by atoms with van der Waals surface area (Å²) in [6, 6.07) is 7.60. The van der Waals surface area contributed by atoms with Gasteiger partial charge in [0, 0.05) is 11.6 Å². The molecule has 0 spiro atoms. The summed E-state index contributed by atoms with van der Waals surface area (Å²) < 4.78 is 16.3. The van der Waals surface area contributed by atoms with Gasteiger partial charge in [-0.2, -0.15) is 0 Å². The summed E-state index contributed by atoms with van der Waals surface area (Å²) in [6.45, 7) is 0. The largest absolute Gasteiger partial charge is 0.504 e. The third kappa shape index (κ3) is 3.44. The van der Waals surface area contributed by atoms with Gasteiger partial charge in [0.05, 0.1) is 14.2 Å². The van der Waals surface area contributed by atoms with Crippen LogP contribution in [0.5, 0.6) is 23.0 Å². The number of hydrogen-bond donors (Lipinski definition) is 3. The van der Waals surface area contributed by atoms with Gasteiger partial charge in [0.2, 0.25) is 0 Å². The fraction of sp³-hybridized carbons (Fsp3) is 0.200. The van der Waals surface area contributed by atoms with Crippen LogP contribution in [-0.4, -0.2) is 41.5 Å². The van der Waals surface area contributed by atoms with E-state index in [2.05, 4.69) is 0 Å². The highest BCUT2D eigenvalue weighted by Gasteiger charge is 2.42. The minimum atomic E-state index is -1.13. The molecule has 2 atom stereocenters. The van der Waals surface area contributed by atoms with E-state index in [-0.39, 0.29) is 17.2 Å². The molecule has 0 saturated heterocycles. The number of phenolic OH excluding ortho intramolecular Hbond substituents is 1. The van der Waals surface area contributed by atoms with Crippen LogP contribution in [0, 0.1) is 0 Å². The summed E-state index contributed by atoms with van der Waals surface area (Å²) in [4.78, 5) is 22.8. The molecular formula is C20H18O8. The predicted molar refractivity (Wildman–Crippen MR) is 98.1 cm³/mol. The molecule has 3 N–H and O–H groups in total. The summed E-state index contributed by atoms with van der Waals surface area (Å²) in [7, 11) is 2.80. The number of fused-ring (bicyclic) bond motifs is 1. The first-order valence-electron chi connectivity index (χ1n) is 8.25. The van der Waals surface area contributed by atoms with Crippen LogP contribution in [0.1, 0.15) is 28.7 Å². The Bertz CT molecular complexity index is 963. The molecule has 1 unspecified atom stereocenters. The average molecular weight is 386 g/mol. The maximum absolute atomic E-state index is 12.0. The van der Waals surface area contributed by atoms with Crippen molar-refractivity contribution in [1.82, 2.24) is 0 Å². The lowest BCUT2D eigenvalue weighted by molar-refractivity contribution is -0.140. The number of carboxylic acid groups (broad SMARTS) is 2. The van der Waals surface area contributed by atoms with E-state index in [1.54, 1.807) is 18.2 Å². The van der Waals surface area contributed by atoms with Crippen molar-refractivity contribution < 1.29 is 39.1 Å². The molecule has 0 aliphatic carbocycles. The van der Waals surface area contributed by atoms with E-state index in [4.69, 9.17) is 19.3 Å². The molecule has 1 heterocycles. The van der Waals surface area contributed by atoms with E-state index in [1.807, 2.05) is 0 Å². The maximum Gasteiger partial charge on any atom is 0.328 e. The monoisotopic (exact) mass is 386 g/mol. The van der Waals surface area contributed by atoms with Gasteiger partial charge in [-0.15, -0.1) is 0 Å². The number of carbonyl (C=O) groups is 2. The molecule has 8 heteroatoms. The fourth-order valence-electron chi connectivity index (χ4n) is 3.17. The summed E-state index contributed by atoms with van der Waals surface area (Å²) in [5.74, 6) is -2.61. The molecule has 1 aliphatic heterocycles. The minimum Gasteiger partial charge on any atom is -0.504 e. The number of hydrogen-bond acceptors (Lipinski definition) is 6. The van der Waals surface area contributed by atoms with Crippen LogP contribution < -0.4 is 14.2 Å². The first kappa shape index (κ1) is 19.1. The van der Waals surface area contributed by atoms with Gasteiger partial charge in [-0.25, -0.2) is 4.79 Å². The lowest BCUT2D eigenvalue weighted by Gasteiger charge is -2.17. The van der Waals surface area contributed by atoms with Crippen LogP contribution >= 0.6 is 0 Å². The lowest BCUT2D eigenvalue weighted by Crippen LogP contribution is -2.18. The molecule has 8 nitrogen and oxygen atoms in total. The van der Waals surface area contributed by atoms with Crippen molar-refractivity contribution in [3.63, 3.8) is 0 Å². The number of carboxylic acids is 2. The van der Waals surface area contributed by atoms with Crippen molar-refractivity contribution in [1.29, 1.82) is 0 Å². The molecule has 0 aromatic heterocycles. The van der Waals surface area contributed by atoms with Crippen molar-refractivity contribution in [3.05, 3.63) is 53.1 Å². The number of phenols is 1. The molecule has 146 valence electrons. The smallest absolute Gasteiger partial charge is 0.328 e. The average Bonchev–Trinajstić information content (AvgIpc) is 3.05. The van der Waals surface area contributed by atoms with Gasteiger partial charge < -0.3 is 29.5 Å². The Hall–Kier alpha value is -3.68. The maximum atomic E-state index is 12.0. The number of aliphatic carboxylic acids is 2. The molecule has 0 amide bonds. The number of ether oxygens (including phenoxy) is 3. The molecule has 3 rings (SSSR count). The number of rotatable bonds is 6. The van der Waals surface area contributed by atoms with E-state index in [9.17, 15) is 19.8 Å². The molecular weight excluding hydrogens is 368 g/mol. The first-order valence-corrected chi connectivity index (χ1v) is 8.25. The highest BCUT2D eigenvalue weighted by Crippen LogP contribution is 2.51.